The molecule has 0 spiro atoms. The van der Waals surface area contributed by atoms with E-state index >= 15 is 0 Å². The highest BCUT2D eigenvalue weighted by atomic mass is 19.1. The second kappa shape index (κ2) is 7.22. The van der Waals surface area contributed by atoms with Gasteiger partial charge in [-0.05, 0) is 44.0 Å². The number of likely N-dealkylation sites (tertiary alicyclic amines) is 1. The van der Waals surface area contributed by atoms with Gasteiger partial charge in [-0.3, -0.25) is 4.79 Å². The van der Waals surface area contributed by atoms with Crippen molar-refractivity contribution in [1.29, 1.82) is 0 Å². The second-order valence-corrected chi connectivity index (χ2v) is 6.56. The van der Waals surface area contributed by atoms with E-state index in [9.17, 15) is 9.18 Å². The van der Waals surface area contributed by atoms with E-state index in [4.69, 9.17) is 4.42 Å². The first-order valence-electron chi connectivity index (χ1n) is 8.77. The van der Waals surface area contributed by atoms with Gasteiger partial charge >= 0.3 is 0 Å². The van der Waals surface area contributed by atoms with Crippen LogP contribution in [0.2, 0.25) is 0 Å². The van der Waals surface area contributed by atoms with Crippen LogP contribution in [0.1, 0.15) is 40.7 Å². The molecule has 2 aromatic heterocycles. The SMILES string of the molecule is Cc1ncncc1-c1nnc([C@H]2CCCN(C(=O)c3ccc(F)cc3)C2)o1. The molecule has 1 atom stereocenters. The van der Waals surface area contributed by atoms with Crippen molar-refractivity contribution in [3.05, 3.63) is 59.8 Å². The fourth-order valence-corrected chi connectivity index (χ4v) is 3.25. The van der Waals surface area contributed by atoms with Crippen molar-refractivity contribution < 1.29 is 13.6 Å². The van der Waals surface area contributed by atoms with Gasteiger partial charge in [-0.15, -0.1) is 10.2 Å². The summed E-state index contributed by atoms with van der Waals surface area (Å²) in [5.41, 5.74) is 1.93. The van der Waals surface area contributed by atoms with Gasteiger partial charge in [0.05, 0.1) is 17.2 Å². The average Bonchev–Trinajstić information content (AvgIpc) is 3.18. The van der Waals surface area contributed by atoms with Crippen molar-refractivity contribution in [2.45, 2.75) is 25.7 Å². The molecular formula is C19H18FN5O2. The van der Waals surface area contributed by atoms with Crippen LogP contribution >= 0.6 is 0 Å². The largest absolute Gasteiger partial charge is 0.420 e. The minimum Gasteiger partial charge on any atom is -0.420 e. The summed E-state index contributed by atoms with van der Waals surface area (Å²) < 4.78 is 18.9. The Morgan fingerprint density at radius 1 is 1.26 bits per heavy atom. The maximum Gasteiger partial charge on any atom is 0.253 e. The maximum absolute atomic E-state index is 13.1. The van der Waals surface area contributed by atoms with Gasteiger partial charge in [0, 0.05) is 24.8 Å². The normalized spacial score (nSPS) is 17.1. The summed E-state index contributed by atoms with van der Waals surface area (Å²) in [5.74, 6) is 0.373. The molecule has 27 heavy (non-hydrogen) atoms. The van der Waals surface area contributed by atoms with Crippen molar-refractivity contribution >= 4 is 5.91 Å². The molecule has 1 aliphatic rings. The zero-order chi connectivity index (χ0) is 18.8. The van der Waals surface area contributed by atoms with Gasteiger partial charge in [0.2, 0.25) is 5.89 Å². The molecule has 0 N–H and O–H groups in total. The molecule has 8 heteroatoms. The highest BCUT2D eigenvalue weighted by Gasteiger charge is 2.29. The van der Waals surface area contributed by atoms with E-state index in [1.165, 1.54) is 30.6 Å². The molecule has 1 aliphatic heterocycles. The van der Waals surface area contributed by atoms with E-state index in [0.29, 0.717) is 36.0 Å². The molecule has 4 rings (SSSR count). The number of nitrogens with zero attached hydrogens (tertiary/aromatic N) is 5. The van der Waals surface area contributed by atoms with E-state index in [1.807, 2.05) is 6.92 Å². The van der Waals surface area contributed by atoms with Crippen LogP contribution in [0.15, 0.2) is 41.2 Å². The van der Waals surface area contributed by atoms with Gasteiger partial charge in [0.1, 0.15) is 12.1 Å². The molecule has 1 aromatic carbocycles. The number of halogens is 1. The van der Waals surface area contributed by atoms with E-state index < -0.39 is 0 Å². The summed E-state index contributed by atoms with van der Waals surface area (Å²) in [6, 6.07) is 5.60. The summed E-state index contributed by atoms with van der Waals surface area (Å²) >= 11 is 0. The van der Waals surface area contributed by atoms with Crippen LogP contribution in [-0.2, 0) is 0 Å². The molecule has 3 aromatic rings. The van der Waals surface area contributed by atoms with Gasteiger partial charge in [-0.1, -0.05) is 0 Å². The lowest BCUT2D eigenvalue weighted by molar-refractivity contribution is 0.0698. The molecule has 0 radical (unpaired) electrons. The second-order valence-electron chi connectivity index (χ2n) is 6.56. The van der Waals surface area contributed by atoms with E-state index in [2.05, 4.69) is 20.2 Å². The van der Waals surface area contributed by atoms with Crippen molar-refractivity contribution in [1.82, 2.24) is 25.1 Å². The minimum atomic E-state index is -0.360. The van der Waals surface area contributed by atoms with Crippen molar-refractivity contribution in [3.63, 3.8) is 0 Å². The van der Waals surface area contributed by atoms with Gasteiger partial charge in [0.25, 0.3) is 11.8 Å². The van der Waals surface area contributed by atoms with Crippen molar-refractivity contribution in [2.75, 3.05) is 13.1 Å². The van der Waals surface area contributed by atoms with Crippen LogP contribution in [0, 0.1) is 12.7 Å². The molecule has 0 saturated carbocycles. The third kappa shape index (κ3) is 3.55. The third-order valence-electron chi connectivity index (χ3n) is 4.73. The average molecular weight is 367 g/mol. The molecule has 1 fully saturated rings. The lowest BCUT2D eigenvalue weighted by Gasteiger charge is -2.31. The molecule has 0 aliphatic carbocycles. The first-order chi connectivity index (χ1) is 13.1. The van der Waals surface area contributed by atoms with Crippen LogP contribution in [-0.4, -0.2) is 44.1 Å². The number of aromatic nitrogens is 4. The van der Waals surface area contributed by atoms with Gasteiger partial charge in [-0.2, -0.15) is 0 Å². The van der Waals surface area contributed by atoms with Crippen LogP contribution in [0.5, 0.6) is 0 Å². The Labute approximate surface area is 155 Å². The Bertz CT molecular complexity index is 957. The molecule has 1 amide bonds. The highest BCUT2D eigenvalue weighted by molar-refractivity contribution is 5.94. The summed E-state index contributed by atoms with van der Waals surface area (Å²) in [4.78, 5) is 22.6. The molecule has 0 bridgehead atoms. The monoisotopic (exact) mass is 367 g/mol. The number of hydrogen-bond donors (Lipinski definition) is 0. The van der Waals surface area contributed by atoms with E-state index in [-0.39, 0.29) is 17.6 Å². The zero-order valence-corrected chi connectivity index (χ0v) is 14.8. The minimum absolute atomic E-state index is 0.0330. The first-order valence-corrected chi connectivity index (χ1v) is 8.77. The first kappa shape index (κ1) is 17.3. The smallest absolute Gasteiger partial charge is 0.253 e. The van der Waals surface area contributed by atoms with Gasteiger partial charge < -0.3 is 9.32 Å². The topological polar surface area (TPSA) is 85.0 Å². The van der Waals surface area contributed by atoms with Crippen LogP contribution < -0.4 is 0 Å². The Kier molecular flexibility index (Phi) is 4.62. The lowest BCUT2D eigenvalue weighted by atomic mass is 9.97. The Hall–Kier alpha value is -3.16. The quantitative estimate of drug-likeness (QED) is 0.707. The predicted molar refractivity (Wildman–Crippen MR) is 94.3 cm³/mol. The molecule has 7 nitrogen and oxygen atoms in total. The number of hydrogen-bond acceptors (Lipinski definition) is 6. The number of benzene rings is 1. The fraction of sp³-hybridized carbons (Fsp3) is 0.316. The standard InChI is InChI=1S/C19H18FN5O2/c1-12-16(9-21-11-22-12)18-24-23-17(27-18)14-3-2-8-25(10-14)19(26)13-4-6-15(20)7-5-13/h4-7,9,11,14H,2-3,8,10H2,1H3/t14-/m0/s1. The van der Waals surface area contributed by atoms with Crippen molar-refractivity contribution in [2.24, 2.45) is 0 Å². The Morgan fingerprint density at radius 3 is 2.85 bits per heavy atom. The van der Waals surface area contributed by atoms with Crippen LogP contribution in [0.4, 0.5) is 4.39 Å². The Balaban J connectivity index is 1.51. The van der Waals surface area contributed by atoms with E-state index in [1.54, 1.807) is 11.1 Å². The fourth-order valence-electron chi connectivity index (χ4n) is 3.25. The summed E-state index contributed by atoms with van der Waals surface area (Å²) in [7, 11) is 0. The number of carbonyl (C=O) groups excluding carboxylic acids is 1. The highest BCUT2D eigenvalue weighted by Crippen LogP contribution is 2.29. The van der Waals surface area contributed by atoms with Crippen molar-refractivity contribution in [3.8, 4) is 11.5 Å². The number of piperidine rings is 1. The zero-order valence-electron chi connectivity index (χ0n) is 14.8. The molecule has 1 saturated heterocycles. The molecular weight excluding hydrogens is 349 g/mol. The number of aryl methyl sites for hydroxylation is 1. The number of rotatable bonds is 3. The van der Waals surface area contributed by atoms with Gasteiger partial charge in [-0.25, -0.2) is 14.4 Å². The van der Waals surface area contributed by atoms with Crippen LogP contribution in [0.3, 0.4) is 0 Å². The maximum atomic E-state index is 13.1. The van der Waals surface area contributed by atoms with Gasteiger partial charge in [0.15, 0.2) is 0 Å². The third-order valence-corrected chi connectivity index (χ3v) is 4.73. The lowest BCUT2D eigenvalue weighted by Crippen LogP contribution is -2.39. The summed E-state index contributed by atoms with van der Waals surface area (Å²) in [6.45, 7) is 2.99. The molecule has 138 valence electrons. The molecule has 0 unspecified atom stereocenters. The summed E-state index contributed by atoms with van der Waals surface area (Å²) in [5, 5.41) is 8.29. The predicted octanol–water partition coefficient (Wildman–Crippen LogP) is 2.99. The van der Waals surface area contributed by atoms with E-state index in [0.717, 1.165) is 18.5 Å². The van der Waals surface area contributed by atoms with Crippen LogP contribution in [0.25, 0.3) is 11.5 Å². The number of amides is 1. The summed E-state index contributed by atoms with van der Waals surface area (Å²) in [6.07, 6.45) is 4.81. The molecule has 3 heterocycles. The Morgan fingerprint density at radius 2 is 2.07 bits per heavy atom. The number of carbonyl (C=O) groups is 1.